The van der Waals surface area contributed by atoms with Gasteiger partial charge in [0.1, 0.15) is 0 Å². The predicted molar refractivity (Wildman–Crippen MR) is 64.4 cm³/mol. The van der Waals surface area contributed by atoms with Crippen LogP contribution in [0.4, 0.5) is 0 Å². The van der Waals surface area contributed by atoms with Crippen molar-refractivity contribution in [2.45, 2.75) is 19.3 Å². The summed E-state index contributed by atoms with van der Waals surface area (Å²) in [6, 6.07) is 8.54. The second-order valence-corrected chi connectivity index (χ2v) is 3.73. The van der Waals surface area contributed by atoms with Gasteiger partial charge in [-0.1, -0.05) is 0 Å². The number of nitrogens with zero attached hydrogens (tertiary/aromatic N) is 1. The molecule has 0 spiro atoms. The van der Waals surface area contributed by atoms with E-state index >= 15 is 0 Å². The molecule has 1 rings (SSSR count). The van der Waals surface area contributed by atoms with Gasteiger partial charge in [0, 0.05) is 18.7 Å². The molecule has 0 atom stereocenters. The zero-order valence-electron chi connectivity index (χ0n) is 9.65. The Balaban J connectivity index is 2.34. The molecule has 0 saturated carbocycles. The molecule has 17 heavy (non-hydrogen) atoms. The quantitative estimate of drug-likeness (QED) is 0.729. The first-order chi connectivity index (χ1) is 8.27. The van der Waals surface area contributed by atoms with Gasteiger partial charge in [0.15, 0.2) is 0 Å². The van der Waals surface area contributed by atoms with Gasteiger partial charge in [0.25, 0.3) is 5.91 Å². The van der Waals surface area contributed by atoms with Crippen molar-refractivity contribution in [2.24, 2.45) is 0 Å². The molecule has 90 valence electrons. The van der Waals surface area contributed by atoms with Crippen molar-refractivity contribution in [1.29, 1.82) is 5.26 Å². The third-order valence-electron chi connectivity index (χ3n) is 2.40. The van der Waals surface area contributed by atoms with Gasteiger partial charge < -0.3 is 10.4 Å². The Labute approximate surface area is 101 Å². The molecule has 4 heteroatoms. The molecule has 1 amide bonds. The summed E-state index contributed by atoms with van der Waals surface area (Å²) in [4.78, 5) is 11.6. The van der Waals surface area contributed by atoms with Crippen LogP contribution in [0.25, 0.3) is 0 Å². The van der Waals surface area contributed by atoms with E-state index in [4.69, 9.17) is 10.4 Å². The van der Waals surface area contributed by atoms with Crippen LogP contribution in [0.5, 0.6) is 0 Å². The highest BCUT2D eigenvalue weighted by atomic mass is 16.2. The van der Waals surface area contributed by atoms with Crippen LogP contribution in [0.3, 0.4) is 0 Å². The zero-order valence-corrected chi connectivity index (χ0v) is 9.65. The number of hydrogen-bond acceptors (Lipinski definition) is 3. The molecule has 0 fully saturated rings. The lowest BCUT2D eigenvalue weighted by molar-refractivity contribution is 0.0953. The van der Waals surface area contributed by atoms with E-state index in [0.29, 0.717) is 17.7 Å². The van der Waals surface area contributed by atoms with Crippen LogP contribution < -0.4 is 5.32 Å². The molecule has 0 unspecified atom stereocenters. The first-order valence-electron chi connectivity index (χ1n) is 5.67. The minimum atomic E-state index is -0.126. The van der Waals surface area contributed by atoms with Gasteiger partial charge >= 0.3 is 0 Å². The summed E-state index contributed by atoms with van der Waals surface area (Å²) in [6.07, 6.45) is 2.54. The van der Waals surface area contributed by atoms with Crippen molar-refractivity contribution in [3.05, 3.63) is 35.4 Å². The Bertz CT molecular complexity index is 393. The van der Waals surface area contributed by atoms with Gasteiger partial charge in [-0.05, 0) is 43.5 Å². The number of benzene rings is 1. The van der Waals surface area contributed by atoms with Crippen molar-refractivity contribution >= 4 is 5.91 Å². The molecule has 0 bridgehead atoms. The normalized spacial score (nSPS) is 9.65. The summed E-state index contributed by atoms with van der Waals surface area (Å²) in [5, 5.41) is 20.0. The molecule has 0 aromatic heterocycles. The SMILES string of the molecule is N#Cc1ccc(C(=O)NCCCCCO)cc1. The highest BCUT2D eigenvalue weighted by molar-refractivity contribution is 5.94. The minimum absolute atomic E-state index is 0.126. The lowest BCUT2D eigenvalue weighted by atomic mass is 10.1. The molecule has 0 aliphatic heterocycles. The van der Waals surface area contributed by atoms with Crippen LogP contribution in [0.15, 0.2) is 24.3 Å². The van der Waals surface area contributed by atoms with Crippen molar-refractivity contribution in [2.75, 3.05) is 13.2 Å². The molecule has 1 aromatic carbocycles. The number of aliphatic hydroxyl groups excluding tert-OH is 1. The number of rotatable bonds is 6. The number of nitriles is 1. The average molecular weight is 232 g/mol. The van der Waals surface area contributed by atoms with Crippen LogP contribution in [0.2, 0.25) is 0 Å². The molecule has 0 radical (unpaired) electrons. The number of hydrogen-bond donors (Lipinski definition) is 2. The molecule has 0 heterocycles. The highest BCUT2D eigenvalue weighted by Crippen LogP contribution is 2.03. The number of carbonyl (C=O) groups is 1. The third-order valence-corrected chi connectivity index (χ3v) is 2.40. The van der Waals surface area contributed by atoms with Crippen LogP contribution in [-0.4, -0.2) is 24.2 Å². The summed E-state index contributed by atoms with van der Waals surface area (Å²) < 4.78 is 0. The summed E-state index contributed by atoms with van der Waals surface area (Å²) >= 11 is 0. The molecule has 0 aliphatic rings. The molecule has 2 N–H and O–H groups in total. The van der Waals surface area contributed by atoms with Gasteiger partial charge in [0.05, 0.1) is 11.6 Å². The standard InChI is InChI=1S/C13H16N2O2/c14-10-11-4-6-12(7-5-11)13(17)15-8-2-1-3-9-16/h4-7,16H,1-3,8-9H2,(H,15,17). The van der Waals surface area contributed by atoms with E-state index in [2.05, 4.69) is 5.32 Å². The van der Waals surface area contributed by atoms with Gasteiger partial charge in [-0.2, -0.15) is 5.26 Å². The number of nitrogens with one attached hydrogen (secondary N) is 1. The van der Waals surface area contributed by atoms with Crippen LogP contribution in [-0.2, 0) is 0 Å². The van der Waals surface area contributed by atoms with E-state index in [9.17, 15) is 4.79 Å². The van der Waals surface area contributed by atoms with Crippen molar-refractivity contribution in [3.63, 3.8) is 0 Å². The lowest BCUT2D eigenvalue weighted by Gasteiger charge is -2.04. The molecular weight excluding hydrogens is 216 g/mol. The molecule has 0 aliphatic carbocycles. The van der Waals surface area contributed by atoms with Gasteiger partial charge in [0.2, 0.25) is 0 Å². The summed E-state index contributed by atoms with van der Waals surface area (Å²) in [6.45, 7) is 0.808. The monoisotopic (exact) mass is 232 g/mol. The fraction of sp³-hybridized carbons (Fsp3) is 0.385. The number of carbonyl (C=O) groups excluding carboxylic acids is 1. The summed E-state index contributed by atoms with van der Waals surface area (Å²) in [5.41, 5.74) is 1.11. The highest BCUT2D eigenvalue weighted by Gasteiger charge is 2.03. The Morgan fingerprint density at radius 3 is 2.53 bits per heavy atom. The lowest BCUT2D eigenvalue weighted by Crippen LogP contribution is -2.24. The smallest absolute Gasteiger partial charge is 0.251 e. The fourth-order valence-electron chi connectivity index (χ4n) is 1.41. The van der Waals surface area contributed by atoms with Gasteiger partial charge in [-0.25, -0.2) is 0 Å². The van der Waals surface area contributed by atoms with E-state index < -0.39 is 0 Å². The topological polar surface area (TPSA) is 73.1 Å². The molecule has 0 saturated heterocycles. The van der Waals surface area contributed by atoms with E-state index in [0.717, 1.165) is 19.3 Å². The number of amides is 1. The van der Waals surface area contributed by atoms with E-state index in [1.807, 2.05) is 6.07 Å². The fourth-order valence-corrected chi connectivity index (χ4v) is 1.41. The van der Waals surface area contributed by atoms with Crippen LogP contribution in [0.1, 0.15) is 35.2 Å². The van der Waals surface area contributed by atoms with E-state index in [1.165, 1.54) is 0 Å². The number of aliphatic hydroxyl groups is 1. The molecular formula is C13H16N2O2. The predicted octanol–water partition coefficient (Wildman–Crippen LogP) is 1.45. The second-order valence-electron chi connectivity index (χ2n) is 3.73. The second kappa shape index (κ2) is 7.42. The average Bonchev–Trinajstić information content (AvgIpc) is 2.38. The maximum absolute atomic E-state index is 11.6. The zero-order chi connectivity index (χ0) is 12.5. The molecule has 4 nitrogen and oxygen atoms in total. The largest absolute Gasteiger partial charge is 0.396 e. The number of unbranched alkanes of at least 4 members (excludes halogenated alkanes) is 2. The van der Waals surface area contributed by atoms with Crippen LogP contribution in [0, 0.1) is 11.3 Å². The first-order valence-corrected chi connectivity index (χ1v) is 5.67. The Morgan fingerprint density at radius 2 is 1.94 bits per heavy atom. The van der Waals surface area contributed by atoms with Gasteiger partial charge in [-0.3, -0.25) is 4.79 Å². The van der Waals surface area contributed by atoms with E-state index in [-0.39, 0.29) is 12.5 Å². The maximum atomic E-state index is 11.6. The van der Waals surface area contributed by atoms with Gasteiger partial charge in [-0.15, -0.1) is 0 Å². The maximum Gasteiger partial charge on any atom is 0.251 e. The summed E-state index contributed by atoms with van der Waals surface area (Å²) in [7, 11) is 0. The molecule has 1 aromatic rings. The first kappa shape index (κ1) is 13.2. The minimum Gasteiger partial charge on any atom is -0.396 e. The van der Waals surface area contributed by atoms with Crippen LogP contribution >= 0.6 is 0 Å². The summed E-state index contributed by atoms with van der Waals surface area (Å²) in [5.74, 6) is -0.126. The Hall–Kier alpha value is -1.86. The van der Waals surface area contributed by atoms with Crippen molar-refractivity contribution in [1.82, 2.24) is 5.32 Å². The third kappa shape index (κ3) is 4.66. The Morgan fingerprint density at radius 1 is 1.24 bits per heavy atom. The van der Waals surface area contributed by atoms with Crippen molar-refractivity contribution < 1.29 is 9.90 Å². The Kier molecular flexibility index (Phi) is 5.76. The van der Waals surface area contributed by atoms with E-state index in [1.54, 1.807) is 24.3 Å². The van der Waals surface area contributed by atoms with Crippen molar-refractivity contribution in [3.8, 4) is 6.07 Å².